The molecule has 0 aliphatic heterocycles. The number of hydrogen-bond acceptors (Lipinski definition) is 8. The lowest BCUT2D eigenvalue weighted by Crippen LogP contribution is -2.25. The number of hydrogen-bond donors (Lipinski definition) is 1. The first-order valence-electron chi connectivity index (χ1n) is 12.4. The molecule has 0 aliphatic carbocycles. The van der Waals surface area contributed by atoms with Crippen LogP contribution in [0.4, 0.5) is 5.82 Å². The number of thioether (sulfide) groups is 1. The van der Waals surface area contributed by atoms with Crippen LogP contribution in [0.1, 0.15) is 30.7 Å². The van der Waals surface area contributed by atoms with Crippen LogP contribution < -0.4 is 10.2 Å². The van der Waals surface area contributed by atoms with E-state index in [1.165, 1.54) is 11.8 Å². The van der Waals surface area contributed by atoms with E-state index in [4.69, 9.17) is 21.6 Å². The molecule has 0 saturated heterocycles. The van der Waals surface area contributed by atoms with Gasteiger partial charge in [0.25, 0.3) is 0 Å². The van der Waals surface area contributed by atoms with Gasteiger partial charge in [0.2, 0.25) is 0 Å². The lowest BCUT2D eigenvalue weighted by Gasteiger charge is -2.24. The molecule has 1 atom stereocenters. The number of pyridine rings is 1. The van der Waals surface area contributed by atoms with Crippen LogP contribution in [0.5, 0.6) is 0 Å². The van der Waals surface area contributed by atoms with Crippen molar-refractivity contribution in [3.8, 4) is 33.8 Å². The lowest BCUT2D eigenvalue weighted by atomic mass is 9.96. The van der Waals surface area contributed by atoms with Gasteiger partial charge in [-0.15, -0.1) is 11.3 Å². The van der Waals surface area contributed by atoms with Crippen LogP contribution in [0.2, 0.25) is 5.02 Å². The summed E-state index contributed by atoms with van der Waals surface area (Å²) in [5.41, 5.74) is 4.11. The third-order valence-electron chi connectivity index (χ3n) is 6.05. The topological polar surface area (TPSA) is 96.8 Å². The second kappa shape index (κ2) is 13.9. The first kappa shape index (κ1) is 29.0. The number of halogens is 1. The molecule has 2 aromatic carbocycles. The van der Waals surface area contributed by atoms with Gasteiger partial charge in [0.1, 0.15) is 33.6 Å². The van der Waals surface area contributed by atoms with Crippen molar-refractivity contribution >= 4 is 54.4 Å². The molecule has 2 heterocycles. The van der Waals surface area contributed by atoms with Crippen LogP contribution in [0, 0.1) is 22.7 Å². The summed E-state index contributed by atoms with van der Waals surface area (Å²) in [6, 6.07) is 20.2. The normalized spacial score (nSPS) is 11.0. The number of aromatic nitrogens is 2. The Kier molecular flexibility index (Phi) is 10.3. The summed E-state index contributed by atoms with van der Waals surface area (Å²) >= 11 is 9.05. The van der Waals surface area contributed by atoms with E-state index in [-0.39, 0.29) is 6.61 Å². The molecular weight excluding hydrogens is 565 g/mol. The molecule has 6 nitrogen and oxygen atoms in total. The molecule has 1 N–H and O–H groups in total. The average Bonchev–Trinajstić information content (AvgIpc) is 3.45. The van der Waals surface area contributed by atoms with Crippen molar-refractivity contribution in [3.05, 3.63) is 75.8 Å². The highest BCUT2D eigenvalue weighted by Crippen LogP contribution is 2.39. The van der Waals surface area contributed by atoms with Gasteiger partial charge in [0.15, 0.2) is 0 Å². The summed E-state index contributed by atoms with van der Waals surface area (Å²) in [5.74, 6) is 1.13. The third-order valence-corrected chi connectivity index (χ3v) is 9.46. The van der Waals surface area contributed by atoms with E-state index < -0.39 is 0 Å². The van der Waals surface area contributed by atoms with Gasteiger partial charge in [-0.3, -0.25) is 0 Å². The molecule has 2 aromatic heterocycles. The van der Waals surface area contributed by atoms with Crippen LogP contribution in [-0.2, 0) is 5.75 Å². The summed E-state index contributed by atoms with van der Waals surface area (Å²) in [6.07, 6.45) is 0.713. The van der Waals surface area contributed by atoms with Gasteiger partial charge in [-0.05, 0) is 43.0 Å². The minimum absolute atomic E-state index is 0.149. The summed E-state index contributed by atoms with van der Waals surface area (Å²) in [5, 5.41) is 35.0. The first-order chi connectivity index (χ1) is 19.0. The smallest absolute Gasteiger partial charge is 0.148 e. The van der Waals surface area contributed by atoms with Crippen molar-refractivity contribution in [2.45, 2.75) is 24.6 Å². The van der Waals surface area contributed by atoms with E-state index >= 15 is 0 Å². The van der Waals surface area contributed by atoms with Gasteiger partial charge in [-0.1, -0.05) is 68.3 Å². The number of rotatable bonds is 11. The van der Waals surface area contributed by atoms with Gasteiger partial charge >= 0.3 is 0 Å². The maximum absolute atomic E-state index is 10.3. The first-order valence-corrected chi connectivity index (χ1v) is 15.9. The molecule has 0 spiro atoms. The molecule has 198 valence electrons. The Bertz CT molecular complexity index is 1510. The summed E-state index contributed by atoms with van der Waals surface area (Å²) in [4.78, 5) is 11.7. The maximum Gasteiger partial charge on any atom is 0.148 e. The number of aliphatic hydroxyl groups excluding tert-OH is 1. The fraction of sp³-hybridized carbons (Fsp3) is 0.241. The Morgan fingerprint density at radius 1 is 0.974 bits per heavy atom. The summed E-state index contributed by atoms with van der Waals surface area (Å²) in [6.45, 7) is 5.58. The SMILES string of the molecule is CCN(CC)c1nc(SCc2csc(-c3ccc(Cl)cc3)n2)c(C#N)c(-c2ccc(PCCO)cc2)c1C#N. The van der Waals surface area contributed by atoms with E-state index in [0.29, 0.717) is 66.1 Å². The zero-order valence-electron chi connectivity index (χ0n) is 21.6. The minimum Gasteiger partial charge on any atom is -0.396 e. The predicted octanol–water partition coefficient (Wildman–Crippen LogP) is 6.70. The van der Waals surface area contributed by atoms with E-state index in [0.717, 1.165) is 27.1 Å². The summed E-state index contributed by atoms with van der Waals surface area (Å²) < 4.78 is 0. The average molecular weight is 592 g/mol. The number of nitrogens with zero attached hydrogens (tertiary/aromatic N) is 5. The molecule has 0 aliphatic rings. The Hall–Kier alpha value is -2.97. The number of benzene rings is 2. The van der Waals surface area contributed by atoms with E-state index in [1.807, 2.05) is 72.7 Å². The Morgan fingerprint density at radius 3 is 2.26 bits per heavy atom. The monoisotopic (exact) mass is 591 g/mol. The van der Waals surface area contributed by atoms with Crippen LogP contribution in [-0.4, -0.2) is 40.9 Å². The molecule has 1 unspecified atom stereocenters. The van der Waals surface area contributed by atoms with Crippen molar-refractivity contribution in [1.82, 2.24) is 9.97 Å². The van der Waals surface area contributed by atoms with Gasteiger partial charge in [-0.25, -0.2) is 9.97 Å². The number of anilines is 1. The summed E-state index contributed by atoms with van der Waals surface area (Å²) in [7, 11) is 0.502. The highest BCUT2D eigenvalue weighted by atomic mass is 35.5. The number of nitriles is 2. The van der Waals surface area contributed by atoms with Crippen LogP contribution >= 0.6 is 43.3 Å². The third kappa shape index (κ3) is 6.79. The molecule has 0 saturated carbocycles. The van der Waals surface area contributed by atoms with E-state index in [9.17, 15) is 15.6 Å². The standard InChI is InChI=1S/C29H27ClN5OPS2/c1-3-35(4-2)27-24(15-31)26(19-7-11-23(12-8-19)37-14-13-36)25(16-32)29(34-27)39-18-22-17-38-28(33-22)20-5-9-21(30)10-6-20/h5-12,17,36-37H,3-4,13-14,18H2,1-2H3. The van der Waals surface area contributed by atoms with Crippen molar-refractivity contribution in [1.29, 1.82) is 10.5 Å². The quantitative estimate of drug-likeness (QED) is 0.153. The molecule has 4 rings (SSSR count). The van der Waals surface area contributed by atoms with Gasteiger partial charge in [0.05, 0.1) is 11.3 Å². The molecule has 0 amide bonds. The van der Waals surface area contributed by atoms with E-state index in [2.05, 4.69) is 12.1 Å². The minimum atomic E-state index is 0.149. The zero-order valence-corrected chi connectivity index (χ0v) is 25.0. The van der Waals surface area contributed by atoms with E-state index in [1.54, 1.807) is 11.3 Å². The van der Waals surface area contributed by atoms with Crippen LogP contribution in [0.25, 0.3) is 21.7 Å². The van der Waals surface area contributed by atoms with Gasteiger partial charge < -0.3 is 10.0 Å². The molecule has 4 aromatic rings. The van der Waals surface area contributed by atoms with Gasteiger partial charge in [-0.2, -0.15) is 10.5 Å². The molecule has 0 radical (unpaired) electrons. The van der Waals surface area contributed by atoms with Crippen LogP contribution in [0.3, 0.4) is 0 Å². The largest absolute Gasteiger partial charge is 0.396 e. The maximum atomic E-state index is 10.3. The van der Waals surface area contributed by atoms with Crippen LogP contribution in [0.15, 0.2) is 58.9 Å². The number of aliphatic hydroxyl groups is 1. The highest BCUT2D eigenvalue weighted by Gasteiger charge is 2.24. The Morgan fingerprint density at radius 2 is 1.64 bits per heavy atom. The zero-order chi connectivity index (χ0) is 27.8. The molecule has 10 heteroatoms. The molecular formula is C29H27ClN5OPS2. The Balaban J connectivity index is 1.74. The molecule has 0 bridgehead atoms. The second-order valence-electron chi connectivity index (χ2n) is 8.43. The predicted molar refractivity (Wildman–Crippen MR) is 165 cm³/mol. The Labute approximate surface area is 244 Å². The number of thiazole rings is 1. The van der Waals surface area contributed by atoms with Crippen molar-refractivity contribution < 1.29 is 5.11 Å². The fourth-order valence-corrected chi connectivity index (χ4v) is 6.84. The molecule has 0 fully saturated rings. The van der Waals surface area contributed by atoms with Crippen molar-refractivity contribution in [3.63, 3.8) is 0 Å². The highest BCUT2D eigenvalue weighted by molar-refractivity contribution is 7.98. The molecule has 39 heavy (non-hydrogen) atoms. The van der Waals surface area contributed by atoms with Crippen molar-refractivity contribution in [2.24, 2.45) is 0 Å². The van der Waals surface area contributed by atoms with Crippen molar-refractivity contribution in [2.75, 3.05) is 30.8 Å². The second-order valence-corrected chi connectivity index (χ2v) is 12.1. The fourth-order valence-electron chi connectivity index (χ4n) is 4.10. The lowest BCUT2D eigenvalue weighted by molar-refractivity contribution is 0.322. The van der Waals surface area contributed by atoms with Gasteiger partial charge in [0, 0.05) is 47.0 Å².